The van der Waals surface area contributed by atoms with Gasteiger partial charge in [-0.05, 0) is 12.1 Å². The molecule has 0 fully saturated rings. The molecule has 0 radical (unpaired) electrons. The van der Waals surface area contributed by atoms with Crippen LogP contribution in [0.4, 0.5) is 0 Å². The summed E-state index contributed by atoms with van der Waals surface area (Å²) in [6.45, 7) is -0.0736. The zero-order valence-corrected chi connectivity index (χ0v) is 8.03. The highest BCUT2D eigenvalue weighted by Gasteiger charge is 2.29. The lowest BCUT2D eigenvalue weighted by Crippen LogP contribution is -2.40. The van der Waals surface area contributed by atoms with Gasteiger partial charge >= 0.3 is 0 Å². The van der Waals surface area contributed by atoms with Gasteiger partial charge in [0.15, 0.2) is 11.5 Å². The highest BCUT2D eigenvalue weighted by molar-refractivity contribution is 7.89. The summed E-state index contributed by atoms with van der Waals surface area (Å²) in [6.07, 6.45) is 0. The van der Waals surface area contributed by atoms with Gasteiger partial charge in [-0.25, -0.2) is 13.6 Å². The van der Waals surface area contributed by atoms with Crippen molar-refractivity contribution in [3.05, 3.63) is 24.3 Å². The minimum absolute atomic E-state index is 0.0736. The summed E-state index contributed by atoms with van der Waals surface area (Å²) in [6, 6.07) is 6.84. The molecule has 1 aromatic carbocycles. The third-order valence-electron chi connectivity index (χ3n) is 1.85. The topological polar surface area (TPSA) is 78.6 Å². The molecular weight excluding hydrogens is 206 g/mol. The standard InChI is InChI=1S/C8H9NO4S/c9-14(10,11)8-5-12-6-3-1-2-4-7(6)13-8/h1-4,8H,5H2,(H2,9,10,11). The second-order valence-electron chi connectivity index (χ2n) is 2.89. The summed E-state index contributed by atoms with van der Waals surface area (Å²) < 4.78 is 32.3. The van der Waals surface area contributed by atoms with E-state index in [1.165, 1.54) is 0 Å². The number of sulfonamides is 1. The van der Waals surface area contributed by atoms with Crippen molar-refractivity contribution < 1.29 is 17.9 Å². The van der Waals surface area contributed by atoms with Gasteiger partial charge in [-0.15, -0.1) is 0 Å². The lowest BCUT2D eigenvalue weighted by molar-refractivity contribution is 0.141. The molecule has 0 aromatic heterocycles. The van der Waals surface area contributed by atoms with Crippen molar-refractivity contribution >= 4 is 10.0 Å². The maximum atomic E-state index is 11.0. The average Bonchev–Trinajstić information content (AvgIpc) is 2.16. The molecule has 0 spiro atoms. The van der Waals surface area contributed by atoms with E-state index in [0.717, 1.165) is 0 Å². The number of hydrogen-bond acceptors (Lipinski definition) is 4. The van der Waals surface area contributed by atoms with E-state index in [-0.39, 0.29) is 6.61 Å². The fraction of sp³-hybridized carbons (Fsp3) is 0.250. The number of nitrogens with two attached hydrogens (primary N) is 1. The van der Waals surface area contributed by atoms with Crippen molar-refractivity contribution in [3.63, 3.8) is 0 Å². The Morgan fingerprint density at radius 3 is 2.57 bits per heavy atom. The Morgan fingerprint density at radius 2 is 1.93 bits per heavy atom. The number of para-hydroxylation sites is 2. The van der Waals surface area contributed by atoms with Crippen molar-refractivity contribution in [2.45, 2.75) is 5.44 Å². The minimum Gasteiger partial charge on any atom is -0.485 e. The summed E-state index contributed by atoms with van der Waals surface area (Å²) in [7, 11) is -3.72. The number of hydrogen-bond donors (Lipinski definition) is 1. The van der Waals surface area contributed by atoms with Crippen LogP contribution in [0.15, 0.2) is 24.3 Å². The van der Waals surface area contributed by atoms with Crippen LogP contribution in [-0.2, 0) is 10.0 Å². The van der Waals surface area contributed by atoms with Crippen LogP contribution in [0.2, 0.25) is 0 Å². The normalized spacial score (nSPS) is 20.5. The van der Waals surface area contributed by atoms with E-state index in [1.807, 2.05) is 0 Å². The first kappa shape index (κ1) is 9.29. The molecule has 1 unspecified atom stereocenters. The Balaban J connectivity index is 2.30. The van der Waals surface area contributed by atoms with Gasteiger partial charge in [-0.2, -0.15) is 0 Å². The monoisotopic (exact) mass is 215 g/mol. The lowest BCUT2D eigenvalue weighted by Gasteiger charge is -2.24. The van der Waals surface area contributed by atoms with Crippen LogP contribution >= 0.6 is 0 Å². The first-order valence-corrected chi connectivity index (χ1v) is 5.58. The van der Waals surface area contributed by atoms with Crippen LogP contribution in [0.25, 0.3) is 0 Å². The Bertz CT molecular complexity index is 442. The Hall–Kier alpha value is -1.27. The van der Waals surface area contributed by atoms with Crippen LogP contribution < -0.4 is 14.6 Å². The maximum Gasteiger partial charge on any atom is 0.250 e. The van der Waals surface area contributed by atoms with Crippen LogP contribution in [0.3, 0.4) is 0 Å². The van der Waals surface area contributed by atoms with E-state index in [1.54, 1.807) is 24.3 Å². The molecule has 14 heavy (non-hydrogen) atoms. The Kier molecular flexibility index (Phi) is 2.09. The van der Waals surface area contributed by atoms with Gasteiger partial charge in [0.1, 0.15) is 6.61 Å². The molecule has 1 atom stereocenters. The van der Waals surface area contributed by atoms with Crippen molar-refractivity contribution in [2.24, 2.45) is 5.14 Å². The molecule has 76 valence electrons. The van der Waals surface area contributed by atoms with Gasteiger partial charge < -0.3 is 9.47 Å². The highest BCUT2D eigenvalue weighted by atomic mass is 32.2. The third-order valence-corrected chi connectivity index (χ3v) is 2.81. The predicted octanol–water partition coefficient (Wildman–Crippen LogP) is 0.0724. The number of fused-ring (bicyclic) bond motifs is 1. The Morgan fingerprint density at radius 1 is 1.29 bits per heavy atom. The summed E-state index contributed by atoms with van der Waals surface area (Å²) in [4.78, 5) is 0. The SMILES string of the molecule is NS(=O)(=O)C1COc2ccccc2O1. The van der Waals surface area contributed by atoms with E-state index in [4.69, 9.17) is 14.6 Å². The second-order valence-corrected chi connectivity index (χ2v) is 4.60. The third kappa shape index (κ3) is 1.66. The van der Waals surface area contributed by atoms with E-state index >= 15 is 0 Å². The fourth-order valence-electron chi connectivity index (χ4n) is 1.16. The number of ether oxygens (including phenoxy) is 2. The van der Waals surface area contributed by atoms with Crippen molar-refractivity contribution in [2.75, 3.05) is 6.61 Å². The molecular formula is C8H9NO4S. The molecule has 1 aliphatic heterocycles. The molecule has 2 rings (SSSR count). The maximum absolute atomic E-state index is 11.0. The Labute approximate surface area is 81.5 Å². The second kappa shape index (κ2) is 3.14. The lowest BCUT2D eigenvalue weighted by atomic mass is 10.3. The molecule has 0 amide bonds. The zero-order valence-electron chi connectivity index (χ0n) is 7.21. The molecule has 1 heterocycles. The van der Waals surface area contributed by atoms with Crippen LogP contribution in [0.1, 0.15) is 0 Å². The van der Waals surface area contributed by atoms with Gasteiger partial charge in [-0.3, -0.25) is 0 Å². The number of primary sulfonamides is 1. The van der Waals surface area contributed by atoms with Crippen LogP contribution in [0.5, 0.6) is 11.5 Å². The van der Waals surface area contributed by atoms with Crippen molar-refractivity contribution in [1.29, 1.82) is 0 Å². The number of benzene rings is 1. The molecule has 0 bridgehead atoms. The number of rotatable bonds is 1. The minimum atomic E-state index is -3.72. The van der Waals surface area contributed by atoms with Crippen molar-refractivity contribution in [1.82, 2.24) is 0 Å². The molecule has 0 aliphatic carbocycles. The van der Waals surface area contributed by atoms with E-state index in [9.17, 15) is 8.42 Å². The summed E-state index contributed by atoms with van der Waals surface area (Å²) in [5, 5.41) is 4.93. The molecule has 0 saturated carbocycles. The van der Waals surface area contributed by atoms with Gasteiger partial charge in [-0.1, -0.05) is 12.1 Å². The van der Waals surface area contributed by atoms with Gasteiger partial charge in [0.05, 0.1) is 0 Å². The van der Waals surface area contributed by atoms with Gasteiger partial charge in [0.2, 0.25) is 5.44 Å². The first-order chi connectivity index (χ1) is 6.57. The molecule has 1 aromatic rings. The largest absolute Gasteiger partial charge is 0.485 e. The molecule has 1 aliphatic rings. The van der Waals surface area contributed by atoms with Crippen molar-refractivity contribution in [3.8, 4) is 11.5 Å². The molecule has 6 heteroatoms. The smallest absolute Gasteiger partial charge is 0.250 e. The van der Waals surface area contributed by atoms with Gasteiger partial charge in [0, 0.05) is 0 Å². The molecule has 5 nitrogen and oxygen atoms in total. The zero-order chi connectivity index (χ0) is 10.2. The van der Waals surface area contributed by atoms with E-state index in [2.05, 4.69) is 0 Å². The highest BCUT2D eigenvalue weighted by Crippen LogP contribution is 2.31. The summed E-state index contributed by atoms with van der Waals surface area (Å²) >= 11 is 0. The quantitative estimate of drug-likeness (QED) is 0.719. The van der Waals surface area contributed by atoms with Gasteiger partial charge in [0.25, 0.3) is 10.0 Å². The first-order valence-electron chi connectivity index (χ1n) is 3.97. The molecule has 0 saturated heterocycles. The fourth-order valence-corrected chi connectivity index (χ4v) is 1.66. The summed E-state index contributed by atoms with van der Waals surface area (Å²) in [5.74, 6) is 0.935. The summed E-state index contributed by atoms with van der Waals surface area (Å²) in [5.41, 5.74) is -1.11. The predicted molar refractivity (Wildman–Crippen MR) is 49.5 cm³/mol. The molecule has 2 N–H and O–H groups in total. The van der Waals surface area contributed by atoms with E-state index in [0.29, 0.717) is 11.5 Å². The van der Waals surface area contributed by atoms with Crippen LogP contribution in [-0.4, -0.2) is 20.5 Å². The van der Waals surface area contributed by atoms with Crippen LogP contribution in [0, 0.1) is 0 Å². The van der Waals surface area contributed by atoms with E-state index < -0.39 is 15.5 Å². The average molecular weight is 215 g/mol.